The summed E-state index contributed by atoms with van der Waals surface area (Å²) in [6, 6.07) is 29.6. The van der Waals surface area contributed by atoms with Gasteiger partial charge >= 0.3 is 0 Å². The number of carbonyl (C=O) groups is 3. The summed E-state index contributed by atoms with van der Waals surface area (Å²) in [4.78, 5) is 46.5. The lowest BCUT2D eigenvalue weighted by atomic mass is 9.69. The fraction of sp³-hybridized carbons (Fsp3) is 0.413. The van der Waals surface area contributed by atoms with Gasteiger partial charge in [-0.2, -0.15) is 0 Å². The molecule has 2 N–H and O–H groups in total. The van der Waals surface area contributed by atoms with E-state index in [1.165, 1.54) is 46.3 Å². The molecule has 1 unspecified atom stereocenters. The summed E-state index contributed by atoms with van der Waals surface area (Å²) < 4.78 is 0. The van der Waals surface area contributed by atoms with Crippen molar-refractivity contribution in [3.8, 4) is 5.75 Å². The van der Waals surface area contributed by atoms with Gasteiger partial charge in [-0.15, -0.1) is 0 Å². The molecule has 4 heterocycles. The van der Waals surface area contributed by atoms with Gasteiger partial charge in [-0.3, -0.25) is 24.6 Å². The number of piperidine rings is 2. The predicted molar refractivity (Wildman–Crippen MR) is 215 cm³/mol. The molecule has 9 rings (SSSR count). The number of benzene rings is 4. The van der Waals surface area contributed by atoms with E-state index in [1.54, 1.807) is 4.90 Å². The number of aromatic hydroxyl groups is 1. The molecule has 3 atom stereocenters. The van der Waals surface area contributed by atoms with Crippen LogP contribution in [0.5, 0.6) is 5.75 Å². The number of rotatable bonds is 7. The minimum absolute atomic E-state index is 0.121. The van der Waals surface area contributed by atoms with Crippen LogP contribution in [-0.2, 0) is 22.6 Å². The third-order valence-corrected chi connectivity index (χ3v) is 13.1. The van der Waals surface area contributed by atoms with E-state index in [0.717, 1.165) is 69.9 Å². The Morgan fingerprint density at radius 1 is 0.727 bits per heavy atom. The lowest BCUT2D eigenvalue weighted by Gasteiger charge is -2.40. The van der Waals surface area contributed by atoms with Gasteiger partial charge in [-0.1, -0.05) is 48.5 Å². The quantitative estimate of drug-likeness (QED) is 0.213. The standard InChI is InChI=1S/C46H51N5O4/c1-30-25-34(44-38(32-5-3-2-4-6-32)11-7-33-27-37(52)10-13-39(33)44)8-14-41(30)50-19-17-31(18-20-50)28-48-21-23-49(24-22-48)36-9-12-40-35(26-36)29-51(46(40)55)42-15-16-43(53)47-45(42)54/h2-6,8-10,12-14,25-27,31,38,42,44,52H,7,11,15-24,28-29H2,1H3,(H,47,53,54)/t38-,42?,44+/m1/s1. The van der Waals surface area contributed by atoms with Gasteiger partial charge in [0.15, 0.2) is 0 Å². The van der Waals surface area contributed by atoms with Crippen LogP contribution < -0.4 is 15.1 Å². The first kappa shape index (κ1) is 35.5. The van der Waals surface area contributed by atoms with Gasteiger partial charge in [0.05, 0.1) is 0 Å². The van der Waals surface area contributed by atoms with Crippen LogP contribution in [0.15, 0.2) is 84.9 Å². The van der Waals surface area contributed by atoms with E-state index in [1.807, 2.05) is 24.3 Å². The van der Waals surface area contributed by atoms with Crippen LogP contribution in [0.2, 0.25) is 0 Å². The van der Waals surface area contributed by atoms with Crippen molar-refractivity contribution in [2.24, 2.45) is 5.92 Å². The minimum atomic E-state index is -0.586. The molecule has 4 aromatic rings. The second-order valence-electron chi connectivity index (χ2n) is 16.4. The molecule has 55 heavy (non-hydrogen) atoms. The maximum Gasteiger partial charge on any atom is 0.255 e. The molecule has 284 valence electrons. The molecule has 0 radical (unpaired) electrons. The molecule has 5 aliphatic rings. The highest BCUT2D eigenvalue weighted by Crippen LogP contribution is 2.47. The zero-order valence-electron chi connectivity index (χ0n) is 31.8. The summed E-state index contributed by atoms with van der Waals surface area (Å²) >= 11 is 0. The number of nitrogens with zero attached hydrogens (tertiary/aromatic N) is 4. The maximum absolute atomic E-state index is 13.2. The van der Waals surface area contributed by atoms with E-state index in [9.17, 15) is 19.5 Å². The van der Waals surface area contributed by atoms with Gasteiger partial charge in [0.2, 0.25) is 11.8 Å². The monoisotopic (exact) mass is 737 g/mol. The number of nitrogens with one attached hydrogen (secondary N) is 1. The second kappa shape index (κ2) is 14.8. The number of hydrogen-bond acceptors (Lipinski definition) is 7. The fourth-order valence-corrected chi connectivity index (χ4v) is 10.2. The number of aryl methyl sites for hydroxylation is 2. The molecule has 0 aromatic heterocycles. The Morgan fingerprint density at radius 2 is 1.53 bits per heavy atom. The zero-order chi connectivity index (χ0) is 37.6. The Morgan fingerprint density at radius 3 is 2.29 bits per heavy atom. The van der Waals surface area contributed by atoms with Crippen LogP contribution in [0.1, 0.15) is 87.7 Å². The van der Waals surface area contributed by atoms with E-state index in [-0.39, 0.29) is 30.1 Å². The van der Waals surface area contributed by atoms with Crippen molar-refractivity contribution >= 4 is 29.1 Å². The Hall–Kier alpha value is -5.15. The smallest absolute Gasteiger partial charge is 0.255 e. The molecule has 3 saturated heterocycles. The number of phenols is 1. The van der Waals surface area contributed by atoms with Gasteiger partial charge in [-0.05, 0) is 121 Å². The zero-order valence-corrected chi connectivity index (χ0v) is 31.8. The van der Waals surface area contributed by atoms with Crippen molar-refractivity contribution in [1.82, 2.24) is 15.1 Å². The van der Waals surface area contributed by atoms with Crippen molar-refractivity contribution in [2.45, 2.75) is 69.9 Å². The molecule has 1 aliphatic carbocycles. The lowest BCUT2D eigenvalue weighted by Crippen LogP contribution is -2.52. The molecule has 0 saturated carbocycles. The molecule has 4 aromatic carbocycles. The number of hydrogen-bond donors (Lipinski definition) is 2. The van der Waals surface area contributed by atoms with Crippen LogP contribution >= 0.6 is 0 Å². The molecule has 9 nitrogen and oxygen atoms in total. The second-order valence-corrected chi connectivity index (χ2v) is 16.4. The molecule has 3 amide bonds. The fourth-order valence-electron chi connectivity index (χ4n) is 10.2. The highest BCUT2D eigenvalue weighted by Gasteiger charge is 2.39. The Labute approximate surface area is 323 Å². The molecular weight excluding hydrogens is 687 g/mol. The van der Waals surface area contributed by atoms with E-state index in [4.69, 9.17) is 0 Å². The normalized spacial score (nSPS) is 23.5. The number of anilines is 2. The summed E-state index contributed by atoms with van der Waals surface area (Å²) in [5, 5.41) is 12.7. The third kappa shape index (κ3) is 6.99. The highest BCUT2D eigenvalue weighted by molar-refractivity contribution is 6.05. The van der Waals surface area contributed by atoms with Gasteiger partial charge < -0.3 is 19.8 Å². The van der Waals surface area contributed by atoms with Gasteiger partial charge in [0.1, 0.15) is 11.8 Å². The number of piperazine rings is 1. The van der Waals surface area contributed by atoms with Crippen molar-refractivity contribution in [1.29, 1.82) is 0 Å². The summed E-state index contributed by atoms with van der Waals surface area (Å²) in [5.41, 5.74) is 10.8. The van der Waals surface area contributed by atoms with Gasteiger partial charge in [0, 0.05) is 81.6 Å². The first-order chi connectivity index (χ1) is 26.8. The third-order valence-electron chi connectivity index (χ3n) is 13.1. The van der Waals surface area contributed by atoms with Gasteiger partial charge in [0.25, 0.3) is 5.91 Å². The highest BCUT2D eigenvalue weighted by atomic mass is 16.3. The van der Waals surface area contributed by atoms with Crippen LogP contribution in [0, 0.1) is 12.8 Å². The summed E-state index contributed by atoms with van der Waals surface area (Å²) in [5.74, 6) is 0.942. The summed E-state index contributed by atoms with van der Waals surface area (Å²) in [6.45, 7) is 9.91. The number of imide groups is 1. The van der Waals surface area contributed by atoms with Crippen molar-refractivity contribution in [3.05, 3.63) is 124 Å². The van der Waals surface area contributed by atoms with Crippen LogP contribution in [0.3, 0.4) is 0 Å². The van der Waals surface area contributed by atoms with E-state index in [0.29, 0.717) is 36.1 Å². The number of carbonyl (C=O) groups excluding carboxylic acids is 3. The topological polar surface area (TPSA) is 96.4 Å². The van der Waals surface area contributed by atoms with E-state index in [2.05, 4.69) is 87.6 Å². The average molecular weight is 738 g/mol. The Bertz CT molecular complexity index is 2100. The van der Waals surface area contributed by atoms with Crippen LogP contribution in [0.25, 0.3) is 0 Å². The van der Waals surface area contributed by atoms with E-state index < -0.39 is 6.04 Å². The first-order valence-corrected chi connectivity index (χ1v) is 20.3. The van der Waals surface area contributed by atoms with Crippen LogP contribution in [-0.4, -0.2) is 84.5 Å². The molecule has 3 fully saturated rings. The van der Waals surface area contributed by atoms with Crippen molar-refractivity contribution < 1.29 is 19.5 Å². The lowest BCUT2D eigenvalue weighted by molar-refractivity contribution is -0.136. The SMILES string of the molecule is Cc1cc([C@@H]2c3ccc(O)cc3CC[C@@H]2c2ccccc2)ccc1N1CCC(CN2CCN(c3ccc4c(c3)CN(C3CCC(=O)NC3=O)C4=O)CC2)CC1. The molecular formula is C46H51N5O4. The van der Waals surface area contributed by atoms with E-state index >= 15 is 0 Å². The first-order valence-electron chi connectivity index (χ1n) is 20.3. The maximum atomic E-state index is 13.2. The van der Waals surface area contributed by atoms with Crippen molar-refractivity contribution in [2.75, 3.05) is 55.6 Å². The number of amides is 3. The average Bonchev–Trinajstić information content (AvgIpc) is 3.53. The molecule has 0 spiro atoms. The Kier molecular flexibility index (Phi) is 9.58. The summed E-state index contributed by atoms with van der Waals surface area (Å²) in [6.07, 6.45) is 5.08. The predicted octanol–water partition coefficient (Wildman–Crippen LogP) is 6.36. The molecule has 4 aliphatic heterocycles. The minimum Gasteiger partial charge on any atom is -0.508 e. The molecule has 0 bridgehead atoms. The number of fused-ring (bicyclic) bond motifs is 2. The van der Waals surface area contributed by atoms with Crippen LogP contribution in [0.4, 0.5) is 11.4 Å². The van der Waals surface area contributed by atoms with Gasteiger partial charge in [-0.25, -0.2) is 0 Å². The Balaban J connectivity index is 0.795. The largest absolute Gasteiger partial charge is 0.508 e. The molecule has 9 heteroatoms. The summed E-state index contributed by atoms with van der Waals surface area (Å²) in [7, 11) is 0. The van der Waals surface area contributed by atoms with Crippen molar-refractivity contribution in [3.63, 3.8) is 0 Å². The number of phenolic OH excluding ortho intramolecular Hbond substituents is 1.